The Kier molecular flexibility index (Phi) is 1.14. The van der Waals surface area contributed by atoms with Crippen LogP contribution in [-0.4, -0.2) is 19.9 Å². The summed E-state index contributed by atoms with van der Waals surface area (Å²) >= 11 is 0. The van der Waals surface area contributed by atoms with Crippen LogP contribution in [0.2, 0.25) is 0 Å². The van der Waals surface area contributed by atoms with Gasteiger partial charge in [0.05, 0.1) is 11.1 Å². The minimum Gasteiger partial charge on any atom is -0.358 e. The van der Waals surface area contributed by atoms with Crippen molar-refractivity contribution >= 4 is 5.82 Å². The van der Waals surface area contributed by atoms with Crippen molar-refractivity contribution in [3.05, 3.63) is 16.3 Å². The van der Waals surface area contributed by atoms with E-state index in [1.54, 1.807) is 0 Å². The first-order chi connectivity index (χ1) is 5.27. The summed E-state index contributed by atoms with van der Waals surface area (Å²) in [5.74, 6) is -0.170. The fourth-order valence-corrected chi connectivity index (χ4v) is 0.832. The van der Waals surface area contributed by atoms with Crippen LogP contribution in [0, 0.1) is 10.1 Å². The second kappa shape index (κ2) is 2.01. The Hall–Kier alpha value is -1.46. The first-order valence-corrected chi connectivity index (χ1v) is 3.33. The second-order valence-corrected chi connectivity index (χ2v) is 2.51. The highest BCUT2D eigenvalue weighted by Crippen LogP contribution is 2.33. The first kappa shape index (κ1) is 6.26. The van der Waals surface area contributed by atoms with Crippen LogP contribution >= 0.6 is 0 Å². The molecule has 0 unspecified atom stereocenters. The highest BCUT2D eigenvalue weighted by atomic mass is 16.6. The summed E-state index contributed by atoms with van der Waals surface area (Å²) in [4.78, 5) is 11.0. The van der Waals surface area contributed by atoms with Crippen molar-refractivity contribution in [1.29, 1.82) is 0 Å². The molecule has 58 valence electrons. The van der Waals surface area contributed by atoms with Gasteiger partial charge < -0.3 is 10.1 Å². The SMILES string of the molecule is O=[N+]([O-])c1cnn(C2CC2)n1. The quantitative estimate of drug-likeness (QED) is 0.459. The van der Waals surface area contributed by atoms with Crippen molar-refractivity contribution in [2.24, 2.45) is 0 Å². The lowest BCUT2D eigenvalue weighted by molar-refractivity contribution is -0.389. The molecule has 2 rings (SSSR count). The molecule has 0 N–H and O–H groups in total. The van der Waals surface area contributed by atoms with Crippen molar-refractivity contribution in [3.63, 3.8) is 0 Å². The lowest BCUT2D eigenvalue weighted by Crippen LogP contribution is -1.98. The third kappa shape index (κ3) is 1.06. The lowest BCUT2D eigenvalue weighted by atomic mass is 10.8. The standard InChI is InChI=1S/C5H6N4O2/c10-9(11)5-3-6-8(7-5)4-1-2-4/h3-4H,1-2H2. The average molecular weight is 154 g/mol. The van der Waals surface area contributed by atoms with E-state index in [0.29, 0.717) is 6.04 Å². The van der Waals surface area contributed by atoms with E-state index in [1.807, 2.05) is 0 Å². The van der Waals surface area contributed by atoms with E-state index in [2.05, 4.69) is 10.2 Å². The zero-order chi connectivity index (χ0) is 7.84. The van der Waals surface area contributed by atoms with Crippen LogP contribution in [0.15, 0.2) is 6.20 Å². The highest BCUT2D eigenvalue weighted by Gasteiger charge is 2.29. The summed E-state index contributed by atoms with van der Waals surface area (Å²) in [6.45, 7) is 0. The van der Waals surface area contributed by atoms with Crippen LogP contribution in [0.4, 0.5) is 5.82 Å². The van der Waals surface area contributed by atoms with Gasteiger partial charge in [-0.2, -0.15) is 0 Å². The van der Waals surface area contributed by atoms with Crippen LogP contribution in [0.1, 0.15) is 18.9 Å². The number of aromatic nitrogens is 3. The van der Waals surface area contributed by atoms with Crippen LogP contribution in [0.3, 0.4) is 0 Å². The molecule has 0 spiro atoms. The molecule has 0 saturated heterocycles. The normalized spacial score (nSPS) is 16.7. The Bertz CT molecular complexity index is 290. The van der Waals surface area contributed by atoms with E-state index < -0.39 is 4.92 Å². The smallest absolute Gasteiger partial charge is 0.358 e. The van der Waals surface area contributed by atoms with E-state index >= 15 is 0 Å². The summed E-state index contributed by atoms with van der Waals surface area (Å²) in [6.07, 6.45) is 3.25. The fourth-order valence-electron chi connectivity index (χ4n) is 0.832. The van der Waals surface area contributed by atoms with Crippen LogP contribution in [-0.2, 0) is 0 Å². The Morgan fingerprint density at radius 3 is 2.91 bits per heavy atom. The molecule has 0 atom stereocenters. The molecular formula is C5H6N4O2. The first-order valence-electron chi connectivity index (χ1n) is 3.33. The Morgan fingerprint density at radius 2 is 2.45 bits per heavy atom. The summed E-state index contributed by atoms with van der Waals surface area (Å²) in [6, 6.07) is 0.309. The van der Waals surface area contributed by atoms with Crippen molar-refractivity contribution < 1.29 is 4.92 Å². The monoisotopic (exact) mass is 154 g/mol. The zero-order valence-corrected chi connectivity index (χ0v) is 5.67. The Labute approximate surface area is 62.0 Å². The van der Waals surface area contributed by atoms with Gasteiger partial charge in [-0.25, -0.2) is 0 Å². The zero-order valence-electron chi connectivity index (χ0n) is 5.67. The number of nitro groups is 1. The molecule has 1 aromatic rings. The van der Waals surface area contributed by atoms with E-state index in [1.165, 1.54) is 11.0 Å². The molecule has 0 aliphatic heterocycles. The van der Waals surface area contributed by atoms with Crippen LogP contribution in [0.25, 0.3) is 0 Å². The molecule has 6 heteroatoms. The van der Waals surface area contributed by atoms with Gasteiger partial charge in [-0.15, -0.1) is 5.10 Å². The van der Waals surface area contributed by atoms with Gasteiger partial charge >= 0.3 is 5.82 Å². The molecule has 1 heterocycles. The number of hydrogen-bond acceptors (Lipinski definition) is 4. The van der Waals surface area contributed by atoms with Gasteiger partial charge in [-0.05, 0) is 17.8 Å². The predicted molar refractivity (Wildman–Crippen MR) is 34.9 cm³/mol. The molecule has 1 aliphatic rings. The minimum atomic E-state index is -0.536. The molecule has 1 fully saturated rings. The molecule has 6 nitrogen and oxygen atoms in total. The molecule has 1 saturated carbocycles. The molecular weight excluding hydrogens is 148 g/mol. The molecule has 1 aliphatic carbocycles. The van der Waals surface area contributed by atoms with Gasteiger partial charge in [0, 0.05) is 0 Å². The number of rotatable bonds is 2. The lowest BCUT2D eigenvalue weighted by Gasteiger charge is -1.84. The van der Waals surface area contributed by atoms with Crippen LogP contribution in [0.5, 0.6) is 0 Å². The number of nitrogens with zero attached hydrogens (tertiary/aromatic N) is 4. The van der Waals surface area contributed by atoms with Gasteiger partial charge in [0.1, 0.15) is 0 Å². The third-order valence-electron chi connectivity index (χ3n) is 1.56. The van der Waals surface area contributed by atoms with Gasteiger partial charge in [-0.1, -0.05) is 4.80 Å². The van der Waals surface area contributed by atoms with Crippen LogP contribution < -0.4 is 0 Å². The van der Waals surface area contributed by atoms with E-state index in [0.717, 1.165) is 12.8 Å². The van der Waals surface area contributed by atoms with E-state index in [9.17, 15) is 10.1 Å². The highest BCUT2D eigenvalue weighted by molar-refractivity contribution is 5.08. The molecule has 0 bridgehead atoms. The summed E-state index contributed by atoms with van der Waals surface area (Å²) in [5.41, 5.74) is 0. The fraction of sp³-hybridized carbons (Fsp3) is 0.600. The van der Waals surface area contributed by atoms with Crippen molar-refractivity contribution in [1.82, 2.24) is 15.0 Å². The Morgan fingerprint density at radius 1 is 1.73 bits per heavy atom. The van der Waals surface area contributed by atoms with E-state index in [-0.39, 0.29) is 5.82 Å². The maximum atomic E-state index is 10.1. The van der Waals surface area contributed by atoms with Gasteiger partial charge in [-0.3, -0.25) is 0 Å². The predicted octanol–water partition coefficient (Wildman–Crippen LogP) is 0.521. The molecule has 0 radical (unpaired) electrons. The second-order valence-electron chi connectivity index (χ2n) is 2.51. The largest absolute Gasteiger partial charge is 0.410 e. The van der Waals surface area contributed by atoms with Crippen molar-refractivity contribution in [3.8, 4) is 0 Å². The van der Waals surface area contributed by atoms with Gasteiger partial charge in [0.2, 0.25) is 0 Å². The molecule has 11 heavy (non-hydrogen) atoms. The molecule has 1 aromatic heterocycles. The topological polar surface area (TPSA) is 73.8 Å². The maximum absolute atomic E-state index is 10.1. The maximum Gasteiger partial charge on any atom is 0.410 e. The third-order valence-corrected chi connectivity index (χ3v) is 1.56. The average Bonchev–Trinajstić information content (AvgIpc) is 2.68. The minimum absolute atomic E-state index is 0.170. The summed E-state index contributed by atoms with van der Waals surface area (Å²) in [5, 5.41) is 17.6. The van der Waals surface area contributed by atoms with Crippen molar-refractivity contribution in [2.75, 3.05) is 0 Å². The van der Waals surface area contributed by atoms with E-state index in [4.69, 9.17) is 0 Å². The molecule has 0 amide bonds. The summed E-state index contributed by atoms with van der Waals surface area (Å²) in [7, 11) is 0. The van der Waals surface area contributed by atoms with Gasteiger partial charge in [0.15, 0.2) is 6.20 Å². The summed E-state index contributed by atoms with van der Waals surface area (Å²) < 4.78 is 0. The molecule has 0 aromatic carbocycles. The Balaban J connectivity index is 2.25. The van der Waals surface area contributed by atoms with Crippen molar-refractivity contribution in [2.45, 2.75) is 18.9 Å². The van der Waals surface area contributed by atoms with Gasteiger partial charge in [0.25, 0.3) is 0 Å². The number of hydrogen-bond donors (Lipinski definition) is 0.